The quantitative estimate of drug-likeness (QED) is 0.855. The normalized spacial score (nSPS) is 20.3. The number of aromatic nitrogens is 1. The molecule has 1 aromatic heterocycles. The van der Waals surface area contributed by atoms with E-state index in [4.69, 9.17) is 21.1 Å². The molecule has 1 saturated heterocycles. The zero-order valence-electron chi connectivity index (χ0n) is 14.1. The van der Waals surface area contributed by atoms with Crippen LogP contribution in [0.1, 0.15) is 24.2 Å². The fraction of sp³-hybridized carbons (Fsp3) is 0.444. The summed E-state index contributed by atoms with van der Waals surface area (Å²) in [6.45, 7) is 5.39. The van der Waals surface area contributed by atoms with Gasteiger partial charge >= 0.3 is 0 Å². The molecule has 1 unspecified atom stereocenters. The maximum absolute atomic E-state index is 13.1. The number of fused-ring (bicyclic) bond motifs is 1. The van der Waals surface area contributed by atoms with Gasteiger partial charge in [0.05, 0.1) is 29.4 Å². The zero-order chi connectivity index (χ0) is 17.3. The molecule has 2 heterocycles. The lowest BCUT2D eigenvalue weighted by Gasteiger charge is -2.42. The Balaban J connectivity index is 1.96. The van der Waals surface area contributed by atoms with Crippen LogP contribution < -0.4 is 0 Å². The van der Waals surface area contributed by atoms with Crippen molar-refractivity contribution in [2.75, 3.05) is 26.8 Å². The summed E-state index contributed by atoms with van der Waals surface area (Å²) in [5, 5.41) is 1.38. The van der Waals surface area contributed by atoms with E-state index in [1.165, 1.54) is 0 Å². The molecule has 1 atom stereocenters. The first kappa shape index (κ1) is 17.1. The molecule has 1 aliphatic rings. The predicted octanol–water partition coefficient (Wildman–Crippen LogP) is 3.15. The van der Waals surface area contributed by atoms with Crippen molar-refractivity contribution in [3.63, 3.8) is 0 Å². The molecule has 128 valence electrons. The lowest BCUT2D eigenvalue weighted by Crippen LogP contribution is -2.55. The summed E-state index contributed by atoms with van der Waals surface area (Å²) in [7, 11) is 1.63. The van der Waals surface area contributed by atoms with Crippen LogP contribution in [0.4, 0.5) is 0 Å². The van der Waals surface area contributed by atoms with Crippen molar-refractivity contribution in [3.8, 4) is 0 Å². The summed E-state index contributed by atoms with van der Waals surface area (Å²) in [6.07, 6.45) is 1.53. The Morgan fingerprint density at radius 3 is 3.04 bits per heavy atom. The Morgan fingerprint density at radius 1 is 1.50 bits per heavy atom. The van der Waals surface area contributed by atoms with Crippen molar-refractivity contribution in [1.82, 2.24) is 9.88 Å². The molecule has 1 fully saturated rings. The van der Waals surface area contributed by atoms with Crippen LogP contribution in [0.15, 0.2) is 30.5 Å². The number of carbonyl (C=O) groups excluding carboxylic acids is 1. The molecular weight excluding hydrogens is 328 g/mol. The Labute approximate surface area is 146 Å². The number of pyridine rings is 1. The van der Waals surface area contributed by atoms with E-state index in [9.17, 15) is 4.79 Å². The van der Waals surface area contributed by atoms with Crippen molar-refractivity contribution in [2.24, 2.45) is 0 Å². The second-order valence-corrected chi connectivity index (χ2v) is 7.11. The topological polar surface area (TPSA) is 51.7 Å². The largest absolute Gasteiger partial charge is 0.382 e. The van der Waals surface area contributed by atoms with Crippen LogP contribution >= 0.6 is 11.6 Å². The fourth-order valence-electron chi connectivity index (χ4n) is 3.21. The van der Waals surface area contributed by atoms with Gasteiger partial charge in [0, 0.05) is 36.8 Å². The molecule has 24 heavy (non-hydrogen) atoms. The first-order valence-corrected chi connectivity index (χ1v) is 8.28. The summed E-state index contributed by atoms with van der Waals surface area (Å²) in [5.41, 5.74) is 0.755. The van der Waals surface area contributed by atoms with Crippen LogP contribution in [0.5, 0.6) is 0 Å². The second-order valence-electron chi connectivity index (χ2n) is 6.67. The Bertz CT molecular complexity index is 763. The standard InChI is InChI=1S/C18H21ClN2O3/c1-18(2)11-21(9-14(24-18)10-23-3)17(22)15-8-13(19)7-12-5-4-6-20-16(12)15/h4-8,14H,9-11H2,1-3H3. The van der Waals surface area contributed by atoms with Gasteiger partial charge in [0.25, 0.3) is 5.91 Å². The van der Waals surface area contributed by atoms with Crippen molar-refractivity contribution >= 4 is 28.4 Å². The van der Waals surface area contributed by atoms with Gasteiger partial charge in [-0.3, -0.25) is 9.78 Å². The van der Waals surface area contributed by atoms with Crippen LogP contribution in [0.3, 0.4) is 0 Å². The smallest absolute Gasteiger partial charge is 0.256 e. The fourth-order valence-corrected chi connectivity index (χ4v) is 3.44. The van der Waals surface area contributed by atoms with Gasteiger partial charge < -0.3 is 14.4 Å². The van der Waals surface area contributed by atoms with Crippen LogP contribution in [0.25, 0.3) is 10.9 Å². The molecule has 1 aliphatic heterocycles. The van der Waals surface area contributed by atoms with E-state index in [0.29, 0.717) is 35.8 Å². The first-order valence-electron chi connectivity index (χ1n) is 7.90. The van der Waals surface area contributed by atoms with E-state index in [0.717, 1.165) is 5.39 Å². The second kappa shape index (κ2) is 6.67. The van der Waals surface area contributed by atoms with Crippen LogP contribution in [0.2, 0.25) is 5.02 Å². The van der Waals surface area contributed by atoms with Gasteiger partial charge in [0.1, 0.15) is 0 Å². The summed E-state index contributed by atoms with van der Waals surface area (Å²) in [4.78, 5) is 19.3. The number of ether oxygens (including phenoxy) is 2. The van der Waals surface area contributed by atoms with Crippen molar-refractivity contribution < 1.29 is 14.3 Å². The van der Waals surface area contributed by atoms with Crippen molar-refractivity contribution in [1.29, 1.82) is 0 Å². The minimum absolute atomic E-state index is 0.0846. The van der Waals surface area contributed by atoms with Crippen LogP contribution in [0, 0.1) is 0 Å². The molecule has 0 bridgehead atoms. The molecule has 0 radical (unpaired) electrons. The maximum atomic E-state index is 13.1. The number of benzene rings is 1. The Morgan fingerprint density at radius 2 is 2.29 bits per heavy atom. The van der Waals surface area contributed by atoms with E-state index >= 15 is 0 Å². The number of rotatable bonds is 3. The Kier molecular flexibility index (Phi) is 4.76. The average Bonchev–Trinajstić information content (AvgIpc) is 2.52. The molecule has 1 amide bonds. The summed E-state index contributed by atoms with van der Waals surface area (Å²) >= 11 is 6.20. The molecule has 0 N–H and O–H groups in total. The third-order valence-electron chi connectivity index (χ3n) is 4.02. The molecule has 0 saturated carbocycles. The molecular formula is C18H21ClN2O3. The van der Waals surface area contributed by atoms with Crippen molar-refractivity contribution in [3.05, 3.63) is 41.0 Å². The number of halogens is 1. The SMILES string of the molecule is COCC1CN(C(=O)c2cc(Cl)cc3cccnc23)CC(C)(C)O1. The van der Waals surface area contributed by atoms with E-state index in [-0.39, 0.29) is 12.0 Å². The zero-order valence-corrected chi connectivity index (χ0v) is 14.8. The number of carbonyl (C=O) groups is 1. The van der Waals surface area contributed by atoms with Gasteiger partial charge in [0.15, 0.2) is 0 Å². The maximum Gasteiger partial charge on any atom is 0.256 e. The molecule has 0 spiro atoms. The highest BCUT2D eigenvalue weighted by Gasteiger charge is 2.36. The predicted molar refractivity (Wildman–Crippen MR) is 93.5 cm³/mol. The van der Waals surface area contributed by atoms with Crippen LogP contribution in [-0.4, -0.2) is 54.3 Å². The lowest BCUT2D eigenvalue weighted by atomic mass is 10.0. The van der Waals surface area contributed by atoms with Gasteiger partial charge in [-0.05, 0) is 32.0 Å². The average molecular weight is 349 g/mol. The highest BCUT2D eigenvalue weighted by molar-refractivity contribution is 6.32. The van der Waals surface area contributed by atoms with Gasteiger partial charge in [-0.2, -0.15) is 0 Å². The minimum Gasteiger partial charge on any atom is -0.382 e. The highest BCUT2D eigenvalue weighted by atomic mass is 35.5. The Hall–Kier alpha value is -1.69. The van der Waals surface area contributed by atoms with Gasteiger partial charge in [0.2, 0.25) is 0 Å². The van der Waals surface area contributed by atoms with Gasteiger partial charge in [-0.25, -0.2) is 0 Å². The number of methoxy groups -OCH3 is 1. The van der Waals surface area contributed by atoms with E-state index in [1.807, 2.05) is 32.0 Å². The molecule has 1 aromatic carbocycles. The third-order valence-corrected chi connectivity index (χ3v) is 4.24. The van der Waals surface area contributed by atoms with Gasteiger partial charge in [-0.1, -0.05) is 17.7 Å². The highest BCUT2D eigenvalue weighted by Crippen LogP contribution is 2.27. The van der Waals surface area contributed by atoms with E-state index in [2.05, 4.69) is 4.98 Å². The molecule has 0 aliphatic carbocycles. The summed E-state index contributed by atoms with van der Waals surface area (Å²) < 4.78 is 11.2. The molecule has 6 heteroatoms. The van der Waals surface area contributed by atoms with E-state index in [1.54, 1.807) is 24.3 Å². The third kappa shape index (κ3) is 3.53. The lowest BCUT2D eigenvalue weighted by molar-refractivity contribution is -0.143. The number of hydrogen-bond donors (Lipinski definition) is 0. The summed E-state index contributed by atoms with van der Waals surface area (Å²) in [5.74, 6) is -0.0846. The minimum atomic E-state index is -0.432. The number of nitrogens with zero attached hydrogens (tertiary/aromatic N) is 2. The number of hydrogen-bond acceptors (Lipinski definition) is 4. The molecule has 3 rings (SSSR count). The molecule has 5 nitrogen and oxygen atoms in total. The van der Waals surface area contributed by atoms with Gasteiger partial charge in [-0.15, -0.1) is 0 Å². The van der Waals surface area contributed by atoms with Crippen molar-refractivity contribution in [2.45, 2.75) is 25.6 Å². The number of morpholine rings is 1. The molecule has 2 aromatic rings. The van der Waals surface area contributed by atoms with E-state index < -0.39 is 5.60 Å². The first-order chi connectivity index (χ1) is 11.4. The summed E-state index contributed by atoms with van der Waals surface area (Å²) in [6, 6.07) is 7.24. The van der Waals surface area contributed by atoms with Crippen LogP contribution in [-0.2, 0) is 9.47 Å². The monoisotopic (exact) mass is 348 g/mol. The number of amides is 1.